The first-order chi connectivity index (χ1) is 12.6. The fraction of sp³-hybridized carbons (Fsp3) is 0.182. The molecule has 0 aliphatic heterocycles. The summed E-state index contributed by atoms with van der Waals surface area (Å²) in [5.41, 5.74) is 3.63. The van der Waals surface area contributed by atoms with Crippen molar-refractivity contribution in [3.63, 3.8) is 0 Å². The second-order valence-corrected chi connectivity index (χ2v) is 6.38. The smallest absolute Gasteiger partial charge is 0.239 e. The summed E-state index contributed by atoms with van der Waals surface area (Å²) >= 11 is 0. The highest BCUT2D eigenvalue weighted by Gasteiger charge is 2.13. The lowest BCUT2D eigenvalue weighted by molar-refractivity contribution is 1.14. The zero-order valence-electron chi connectivity index (χ0n) is 16.3. The molecule has 0 radical (unpaired) electrons. The predicted octanol–water partition coefficient (Wildman–Crippen LogP) is 3.11. The van der Waals surface area contributed by atoms with Crippen molar-refractivity contribution in [1.29, 1.82) is 0 Å². The van der Waals surface area contributed by atoms with Crippen LogP contribution >= 0.6 is 0 Å². The van der Waals surface area contributed by atoms with E-state index in [4.69, 9.17) is 0 Å². The van der Waals surface area contributed by atoms with E-state index in [-0.39, 0.29) is 0 Å². The van der Waals surface area contributed by atoms with Gasteiger partial charge in [-0.05, 0) is 26.0 Å². The molecule has 1 aromatic carbocycles. The number of aromatic nitrogens is 2. The Hall–Kier alpha value is -2.61. The van der Waals surface area contributed by atoms with Crippen molar-refractivity contribution in [2.45, 2.75) is 27.5 Å². The molecule has 3 aromatic rings. The van der Waals surface area contributed by atoms with Gasteiger partial charge in [0.1, 0.15) is 0 Å². The average molecular weight is 340 g/mol. The van der Waals surface area contributed by atoms with Gasteiger partial charge in [0.05, 0.1) is 0 Å². The van der Waals surface area contributed by atoms with E-state index in [1.165, 1.54) is 37.9 Å². The minimum absolute atomic E-state index is 0.907. The Morgan fingerprint density at radius 1 is 1.00 bits per heavy atom. The maximum absolute atomic E-state index is 4.45. The summed E-state index contributed by atoms with van der Waals surface area (Å²) in [6, 6.07) is 8.60. The van der Waals surface area contributed by atoms with Gasteiger partial charge in [0.15, 0.2) is 0 Å². The third kappa shape index (κ3) is 2.52. The van der Waals surface area contributed by atoms with E-state index in [9.17, 15) is 0 Å². The Morgan fingerprint density at radius 3 is 2.27 bits per heavy atom. The van der Waals surface area contributed by atoms with Gasteiger partial charge in [-0.15, -0.1) is 0 Å². The van der Waals surface area contributed by atoms with E-state index in [1.807, 2.05) is 6.08 Å². The fourth-order valence-corrected chi connectivity index (χ4v) is 4.12. The highest BCUT2D eigenvalue weighted by atomic mass is 14.9. The zero-order chi connectivity index (χ0) is 18.8. The van der Waals surface area contributed by atoms with E-state index in [2.05, 4.69) is 92.1 Å². The first kappa shape index (κ1) is 18.2. The van der Waals surface area contributed by atoms with E-state index in [0.29, 0.717) is 0 Å². The number of hydrogen-bond acceptors (Lipinski definition) is 0. The molecule has 0 unspecified atom stereocenters. The molecule has 26 heavy (non-hydrogen) atoms. The fourth-order valence-electron chi connectivity index (χ4n) is 4.12. The zero-order valence-corrected chi connectivity index (χ0v) is 16.3. The van der Waals surface area contributed by atoms with Crippen molar-refractivity contribution in [1.82, 2.24) is 8.96 Å². The van der Waals surface area contributed by atoms with Crippen LogP contribution in [0.1, 0.15) is 25.1 Å². The number of hydrogen-bond donors (Lipinski definition) is 0. The van der Waals surface area contributed by atoms with Gasteiger partial charge in [-0.2, -0.15) is 0 Å². The van der Waals surface area contributed by atoms with Gasteiger partial charge in [-0.1, -0.05) is 63.2 Å². The highest BCUT2D eigenvalue weighted by Crippen LogP contribution is 2.18. The van der Waals surface area contributed by atoms with Crippen molar-refractivity contribution in [2.24, 2.45) is 0 Å². The summed E-state index contributed by atoms with van der Waals surface area (Å²) in [7, 11) is 1.82. The Labute approximate surface area is 156 Å². The Morgan fingerprint density at radius 2 is 1.69 bits per heavy atom. The summed E-state index contributed by atoms with van der Waals surface area (Å²) in [6.07, 6.45) is 8.47. The molecule has 3 rings (SSSR count). The first-order valence-corrected chi connectivity index (χ1v) is 9.38. The van der Waals surface area contributed by atoms with Crippen molar-refractivity contribution in [3.05, 3.63) is 69.3 Å². The summed E-state index contributed by atoms with van der Waals surface area (Å²) in [5.74, 6) is 0. The third-order valence-electron chi connectivity index (χ3n) is 5.15. The van der Waals surface area contributed by atoms with Crippen LogP contribution in [-0.4, -0.2) is 23.8 Å². The average Bonchev–Trinajstić information content (AvgIpc) is 3.11. The van der Waals surface area contributed by atoms with Gasteiger partial charge in [-0.3, -0.25) is 0 Å². The van der Waals surface area contributed by atoms with Crippen LogP contribution in [0.25, 0.3) is 35.7 Å². The van der Waals surface area contributed by atoms with Gasteiger partial charge in [0, 0.05) is 43.3 Å². The maximum atomic E-state index is 4.45. The lowest BCUT2D eigenvalue weighted by Crippen LogP contribution is -2.23. The van der Waals surface area contributed by atoms with Gasteiger partial charge in [-0.25, -0.2) is 0 Å². The second kappa shape index (κ2) is 7.33. The number of para-hydroxylation sites is 1. The molecule has 0 amide bonds. The van der Waals surface area contributed by atoms with E-state index in [1.54, 1.807) is 0 Å². The van der Waals surface area contributed by atoms with Crippen LogP contribution in [0.3, 0.4) is 0 Å². The SMILES string of the molecule is C=Cc1c(/C=C\C)n(BC)c(=C/C)/c1=c1\c(=C)n(BC)c2ccccc12. The molecule has 0 saturated carbocycles. The summed E-state index contributed by atoms with van der Waals surface area (Å²) < 4.78 is 4.67. The topological polar surface area (TPSA) is 9.86 Å². The van der Waals surface area contributed by atoms with Crippen molar-refractivity contribution >= 4 is 50.5 Å². The van der Waals surface area contributed by atoms with Crippen molar-refractivity contribution in [2.75, 3.05) is 0 Å². The molecule has 2 aromatic heterocycles. The Balaban J connectivity index is 2.83. The van der Waals surface area contributed by atoms with Gasteiger partial charge < -0.3 is 8.96 Å². The Bertz CT molecular complexity index is 1210. The number of allylic oxidation sites excluding steroid dienone is 1. The number of nitrogens with zero attached hydrogens (tertiary/aromatic N) is 2. The maximum Gasteiger partial charge on any atom is 0.239 e. The molecule has 0 fully saturated rings. The standard InChI is InChI=1S/C22H26B2N2/c1-7-12-19-16(8-2)22(18(9-3)26(19)24-6)21-15(4)25(23-5)20-14-11-10-13-17(20)21/h7-14,23-24H,2,4H2,1,3,5-6H3/b12-7-,18-9+,22-21+. The molecular formula is C22H26B2N2. The van der Waals surface area contributed by atoms with Crippen molar-refractivity contribution in [3.8, 4) is 0 Å². The highest BCUT2D eigenvalue weighted by molar-refractivity contribution is 6.33. The van der Waals surface area contributed by atoms with Crippen molar-refractivity contribution < 1.29 is 0 Å². The first-order valence-electron chi connectivity index (χ1n) is 9.38. The molecular weight excluding hydrogens is 314 g/mol. The quantitative estimate of drug-likeness (QED) is 0.646. The lowest BCUT2D eigenvalue weighted by Gasteiger charge is -2.02. The van der Waals surface area contributed by atoms with E-state index < -0.39 is 0 Å². The second-order valence-electron chi connectivity index (χ2n) is 6.38. The molecule has 0 aliphatic carbocycles. The third-order valence-corrected chi connectivity index (χ3v) is 5.15. The monoisotopic (exact) mass is 340 g/mol. The molecule has 0 spiro atoms. The normalized spacial score (nSPS) is 13.6. The van der Waals surface area contributed by atoms with Gasteiger partial charge in [0.2, 0.25) is 14.8 Å². The molecule has 2 nitrogen and oxygen atoms in total. The lowest BCUT2D eigenvalue weighted by atomic mass is 9.98. The molecule has 0 N–H and O–H groups in total. The van der Waals surface area contributed by atoms with Gasteiger partial charge in [0.25, 0.3) is 0 Å². The molecule has 0 bridgehead atoms. The molecule has 0 atom stereocenters. The minimum atomic E-state index is 0.907. The molecule has 0 saturated heterocycles. The number of rotatable bonds is 4. The van der Waals surface area contributed by atoms with Crippen LogP contribution in [0, 0.1) is 10.4 Å². The molecule has 130 valence electrons. The van der Waals surface area contributed by atoms with Gasteiger partial charge >= 0.3 is 0 Å². The molecule has 0 aliphatic rings. The van der Waals surface area contributed by atoms with E-state index in [0.717, 1.165) is 20.2 Å². The summed E-state index contributed by atoms with van der Waals surface area (Å²) in [4.78, 5) is 0. The summed E-state index contributed by atoms with van der Waals surface area (Å²) in [5, 5.41) is 6.03. The predicted molar refractivity (Wildman–Crippen MR) is 121 cm³/mol. The van der Waals surface area contributed by atoms with Crippen LogP contribution in [0.4, 0.5) is 0 Å². The molecule has 2 heterocycles. The number of benzene rings is 1. The summed E-state index contributed by atoms with van der Waals surface area (Å²) in [6.45, 7) is 17.1. The largest absolute Gasteiger partial charge is 0.390 e. The van der Waals surface area contributed by atoms with Crippen LogP contribution in [0.5, 0.6) is 0 Å². The van der Waals surface area contributed by atoms with Crippen LogP contribution in [0.15, 0.2) is 36.9 Å². The van der Waals surface area contributed by atoms with Crippen LogP contribution in [0.2, 0.25) is 13.6 Å². The van der Waals surface area contributed by atoms with E-state index >= 15 is 0 Å². The Kier molecular flexibility index (Phi) is 5.13. The molecule has 4 heteroatoms. The van der Waals surface area contributed by atoms with Crippen LogP contribution < -0.4 is 10.7 Å². The number of fused-ring (bicyclic) bond motifs is 1. The van der Waals surface area contributed by atoms with Crippen LogP contribution in [-0.2, 0) is 0 Å². The minimum Gasteiger partial charge on any atom is -0.390 e.